The molecule has 3 nitrogen and oxygen atoms in total. The molecule has 0 spiro atoms. The second-order valence-electron chi connectivity index (χ2n) is 7.89. The van der Waals surface area contributed by atoms with E-state index < -0.39 is 8.32 Å². The van der Waals surface area contributed by atoms with Crippen molar-refractivity contribution in [1.82, 2.24) is 0 Å². The molecule has 0 saturated heterocycles. The molecule has 0 aliphatic heterocycles. The summed E-state index contributed by atoms with van der Waals surface area (Å²) in [5.74, 6) is -0.315. The molecule has 20 heavy (non-hydrogen) atoms. The average Bonchev–Trinajstić information content (AvgIpc) is 2.24. The van der Waals surface area contributed by atoms with E-state index in [1.807, 2.05) is 6.08 Å². The van der Waals surface area contributed by atoms with Crippen molar-refractivity contribution in [2.45, 2.75) is 72.2 Å². The van der Waals surface area contributed by atoms with Gasteiger partial charge < -0.3 is 9.16 Å². The van der Waals surface area contributed by atoms with Crippen LogP contribution >= 0.6 is 0 Å². The molecule has 0 aromatic rings. The highest BCUT2D eigenvalue weighted by atomic mass is 28.4. The van der Waals surface area contributed by atoms with E-state index in [1.54, 1.807) is 0 Å². The molecule has 0 aromatic heterocycles. The maximum atomic E-state index is 11.1. The fourth-order valence-electron chi connectivity index (χ4n) is 1.47. The maximum Gasteiger partial charge on any atom is 0.330 e. The van der Waals surface area contributed by atoms with E-state index in [2.05, 4.69) is 59.4 Å². The lowest BCUT2D eigenvalue weighted by molar-refractivity contribution is -0.134. The predicted octanol–water partition coefficient (Wildman–Crippen LogP) is 4.54. The van der Waals surface area contributed by atoms with Crippen molar-refractivity contribution in [3.8, 4) is 0 Å². The first-order valence-electron chi connectivity index (χ1n) is 7.23. The number of carbonyl (C=O) groups excluding carboxylic acids is 1. The molecule has 0 amide bonds. The first-order chi connectivity index (χ1) is 8.81. The van der Waals surface area contributed by atoms with E-state index >= 15 is 0 Å². The number of ether oxygens (including phenoxy) is 1. The van der Waals surface area contributed by atoms with Gasteiger partial charge in [0.05, 0.1) is 13.2 Å². The van der Waals surface area contributed by atoms with Gasteiger partial charge in [0.15, 0.2) is 8.32 Å². The molecule has 118 valence electrons. The Balaban J connectivity index is 4.94. The Bertz CT molecular complexity index is 346. The highest BCUT2D eigenvalue weighted by Crippen LogP contribution is 2.40. The van der Waals surface area contributed by atoms with Crippen LogP contribution in [0, 0.1) is 5.41 Å². The van der Waals surface area contributed by atoms with Gasteiger partial charge in [0, 0.05) is 6.08 Å². The van der Waals surface area contributed by atoms with Gasteiger partial charge in [-0.2, -0.15) is 0 Å². The third-order valence-electron chi connectivity index (χ3n) is 4.01. The quantitative estimate of drug-likeness (QED) is 0.425. The largest absolute Gasteiger partial charge is 0.466 e. The van der Waals surface area contributed by atoms with E-state index in [0.717, 1.165) is 6.42 Å². The summed E-state index contributed by atoms with van der Waals surface area (Å²) in [6.07, 6.45) is 4.16. The highest BCUT2D eigenvalue weighted by Gasteiger charge is 2.41. The molecule has 0 aromatic carbocycles. The van der Waals surface area contributed by atoms with Gasteiger partial charge in [0.25, 0.3) is 0 Å². The van der Waals surface area contributed by atoms with Gasteiger partial charge in [-0.05, 0) is 30.0 Å². The number of methoxy groups -OCH3 is 1. The summed E-state index contributed by atoms with van der Waals surface area (Å²) >= 11 is 0. The first-order valence-corrected chi connectivity index (χ1v) is 10.1. The fourth-order valence-corrected chi connectivity index (χ4v) is 2.98. The van der Waals surface area contributed by atoms with Crippen LogP contribution in [0.1, 0.15) is 48.0 Å². The van der Waals surface area contributed by atoms with Gasteiger partial charge >= 0.3 is 5.97 Å². The van der Waals surface area contributed by atoms with Crippen molar-refractivity contribution in [2.24, 2.45) is 5.41 Å². The molecular formula is C16H32O3Si. The van der Waals surface area contributed by atoms with Gasteiger partial charge in [0.1, 0.15) is 0 Å². The third kappa shape index (κ3) is 6.22. The smallest absolute Gasteiger partial charge is 0.330 e. The lowest BCUT2D eigenvalue weighted by Crippen LogP contribution is -2.47. The molecular weight excluding hydrogens is 268 g/mol. The van der Waals surface area contributed by atoms with E-state index in [4.69, 9.17) is 4.43 Å². The summed E-state index contributed by atoms with van der Waals surface area (Å²) in [6, 6.07) is 0. The molecule has 0 fully saturated rings. The normalized spacial score (nSPS) is 15.4. The zero-order chi connectivity index (χ0) is 16.2. The summed E-state index contributed by atoms with van der Waals surface area (Å²) in [6.45, 7) is 17.8. The lowest BCUT2D eigenvalue weighted by atomic mass is 9.87. The van der Waals surface area contributed by atoms with Crippen LogP contribution in [0.2, 0.25) is 18.1 Å². The third-order valence-corrected chi connectivity index (χ3v) is 8.50. The zero-order valence-corrected chi connectivity index (χ0v) is 15.7. The maximum absolute atomic E-state index is 11.1. The molecule has 4 heteroatoms. The van der Waals surface area contributed by atoms with Crippen LogP contribution in [0.25, 0.3) is 0 Å². The summed E-state index contributed by atoms with van der Waals surface area (Å²) in [4.78, 5) is 11.1. The van der Waals surface area contributed by atoms with Crippen molar-refractivity contribution in [3.63, 3.8) is 0 Å². The van der Waals surface area contributed by atoms with Crippen molar-refractivity contribution in [3.05, 3.63) is 12.2 Å². The molecule has 0 aliphatic carbocycles. The SMILES string of the molecule is COC(=O)/C=C/C[C@@H](O[Si](C)(C)C(C)(C)C)C(C)(C)C. The minimum absolute atomic E-state index is 0.0377. The van der Waals surface area contributed by atoms with Crippen molar-refractivity contribution in [2.75, 3.05) is 7.11 Å². The van der Waals surface area contributed by atoms with Crippen LogP contribution in [0.3, 0.4) is 0 Å². The Labute approximate surface area is 125 Å². The average molecular weight is 301 g/mol. The predicted molar refractivity (Wildman–Crippen MR) is 87.3 cm³/mol. The molecule has 0 rings (SSSR count). The number of rotatable bonds is 5. The van der Waals surface area contributed by atoms with Crippen molar-refractivity contribution in [1.29, 1.82) is 0 Å². The molecule has 0 aliphatic rings. The van der Waals surface area contributed by atoms with Crippen molar-refractivity contribution >= 4 is 14.3 Å². The minimum atomic E-state index is -1.81. The van der Waals surface area contributed by atoms with E-state index in [9.17, 15) is 4.79 Å². The fraction of sp³-hybridized carbons (Fsp3) is 0.812. The Kier molecular flexibility index (Phi) is 6.69. The molecule has 0 saturated carbocycles. The number of esters is 1. The van der Waals surface area contributed by atoms with Crippen LogP contribution in [-0.2, 0) is 14.0 Å². The van der Waals surface area contributed by atoms with Crippen molar-refractivity contribution < 1.29 is 14.0 Å². The number of hydrogen-bond donors (Lipinski definition) is 0. The zero-order valence-electron chi connectivity index (χ0n) is 14.7. The van der Waals surface area contributed by atoms with Crippen LogP contribution < -0.4 is 0 Å². The van der Waals surface area contributed by atoms with Crippen LogP contribution in [0.5, 0.6) is 0 Å². The molecule has 0 unspecified atom stereocenters. The molecule has 1 atom stereocenters. The van der Waals surface area contributed by atoms with Gasteiger partial charge in [0.2, 0.25) is 0 Å². The lowest BCUT2D eigenvalue weighted by Gasteiger charge is -2.43. The van der Waals surface area contributed by atoms with Gasteiger partial charge in [-0.1, -0.05) is 47.6 Å². The Morgan fingerprint density at radius 1 is 1.15 bits per heavy atom. The topological polar surface area (TPSA) is 35.5 Å². The second kappa shape index (κ2) is 6.90. The highest BCUT2D eigenvalue weighted by molar-refractivity contribution is 6.74. The summed E-state index contributed by atoms with van der Waals surface area (Å²) < 4.78 is 11.1. The Morgan fingerprint density at radius 3 is 2.00 bits per heavy atom. The molecule has 0 N–H and O–H groups in total. The Hall–Kier alpha value is -0.613. The molecule has 0 bridgehead atoms. The van der Waals surface area contributed by atoms with Crippen LogP contribution in [0.15, 0.2) is 12.2 Å². The standard InChI is InChI=1S/C16H32O3Si/c1-15(2,3)13(11-10-12-14(17)18-7)19-20(8,9)16(4,5)6/h10,12-13H,11H2,1-9H3/b12-10+/t13-/m1/s1. The van der Waals surface area contributed by atoms with Gasteiger partial charge in [-0.3, -0.25) is 0 Å². The number of hydrogen-bond acceptors (Lipinski definition) is 3. The second-order valence-corrected chi connectivity index (χ2v) is 12.7. The van der Waals surface area contributed by atoms with E-state index in [1.165, 1.54) is 13.2 Å². The summed E-state index contributed by atoms with van der Waals surface area (Å²) in [5.41, 5.74) is 0.0377. The van der Waals surface area contributed by atoms with E-state index in [0.29, 0.717) is 0 Å². The first kappa shape index (κ1) is 19.4. The monoisotopic (exact) mass is 300 g/mol. The molecule has 0 radical (unpaired) electrons. The Morgan fingerprint density at radius 2 is 1.65 bits per heavy atom. The van der Waals surface area contributed by atoms with Gasteiger partial charge in [-0.15, -0.1) is 0 Å². The number of carbonyl (C=O) groups is 1. The van der Waals surface area contributed by atoms with E-state index in [-0.39, 0.29) is 22.5 Å². The molecule has 0 heterocycles. The van der Waals surface area contributed by atoms with Crippen LogP contribution in [-0.4, -0.2) is 27.5 Å². The van der Waals surface area contributed by atoms with Gasteiger partial charge in [-0.25, -0.2) is 4.79 Å². The summed E-state index contributed by atoms with van der Waals surface area (Å²) in [7, 11) is -0.424. The van der Waals surface area contributed by atoms with Crippen LogP contribution in [0.4, 0.5) is 0 Å². The summed E-state index contributed by atoms with van der Waals surface area (Å²) in [5, 5.41) is 0.183. The minimum Gasteiger partial charge on any atom is -0.466 e.